The van der Waals surface area contributed by atoms with E-state index in [0.717, 1.165) is 17.7 Å². The van der Waals surface area contributed by atoms with E-state index in [9.17, 15) is 0 Å². The molecule has 0 fully saturated rings. The maximum absolute atomic E-state index is 5.77. The number of benzene rings is 1. The fraction of sp³-hybridized carbons (Fsp3) is 0.438. The largest absolute Gasteiger partial charge is 0.497 e. The van der Waals surface area contributed by atoms with Gasteiger partial charge in [-0.25, -0.2) is 0 Å². The summed E-state index contributed by atoms with van der Waals surface area (Å²) in [4.78, 5) is 12.8. The quantitative estimate of drug-likeness (QED) is 0.883. The lowest BCUT2D eigenvalue weighted by atomic mass is 9.92. The van der Waals surface area contributed by atoms with E-state index >= 15 is 0 Å². The van der Waals surface area contributed by atoms with Crippen molar-refractivity contribution in [1.82, 2.24) is 15.0 Å². The van der Waals surface area contributed by atoms with Crippen LogP contribution in [-0.4, -0.2) is 22.1 Å². The molecule has 1 aromatic heterocycles. The highest BCUT2D eigenvalue weighted by molar-refractivity contribution is 5.34. The second kappa shape index (κ2) is 6.60. The Morgan fingerprint density at radius 3 is 2.36 bits per heavy atom. The van der Waals surface area contributed by atoms with Gasteiger partial charge >= 0.3 is 0 Å². The molecule has 0 aliphatic carbocycles. The molecule has 0 spiro atoms. The molecular formula is C16H23N5O. The van der Waals surface area contributed by atoms with Crippen LogP contribution in [0.1, 0.15) is 32.2 Å². The summed E-state index contributed by atoms with van der Waals surface area (Å²) in [5, 5.41) is 3.18. The van der Waals surface area contributed by atoms with Crippen LogP contribution >= 0.6 is 0 Å². The molecule has 6 nitrogen and oxygen atoms in total. The van der Waals surface area contributed by atoms with Gasteiger partial charge in [-0.15, -0.1) is 0 Å². The van der Waals surface area contributed by atoms with E-state index in [0.29, 0.717) is 18.3 Å². The molecule has 22 heavy (non-hydrogen) atoms. The van der Waals surface area contributed by atoms with E-state index in [-0.39, 0.29) is 11.4 Å². The predicted molar refractivity (Wildman–Crippen MR) is 87.7 cm³/mol. The molecule has 0 aliphatic heterocycles. The minimum Gasteiger partial charge on any atom is -0.497 e. The number of rotatable bonds is 5. The molecule has 0 amide bonds. The number of nitrogens with zero attached hydrogens (tertiary/aromatic N) is 3. The smallest absolute Gasteiger partial charge is 0.228 e. The van der Waals surface area contributed by atoms with Gasteiger partial charge in [-0.3, -0.25) is 0 Å². The molecule has 0 atom stereocenters. The number of nitrogen functional groups attached to an aromatic ring is 1. The van der Waals surface area contributed by atoms with E-state index in [4.69, 9.17) is 10.5 Å². The summed E-state index contributed by atoms with van der Waals surface area (Å²) in [7, 11) is 1.65. The second-order valence-corrected chi connectivity index (χ2v) is 6.37. The van der Waals surface area contributed by atoms with Crippen molar-refractivity contribution >= 4 is 11.9 Å². The maximum Gasteiger partial charge on any atom is 0.228 e. The van der Waals surface area contributed by atoms with Crippen LogP contribution in [0.3, 0.4) is 0 Å². The van der Waals surface area contributed by atoms with Crippen LogP contribution in [0.4, 0.5) is 11.9 Å². The molecule has 0 unspecified atom stereocenters. The first-order valence-electron chi connectivity index (χ1n) is 7.23. The lowest BCUT2D eigenvalue weighted by Crippen LogP contribution is -2.15. The van der Waals surface area contributed by atoms with Crippen LogP contribution in [-0.2, 0) is 13.0 Å². The van der Waals surface area contributed by atoms with Crippen LogP contribution in [0.2, 0.25) is 0 Å². The Morgan fingerprint density at radius 1 is 1.09 bits per heavy atom. The molecule has 6 heteroatoms. The van der Waals surface area contributed by atoms with Gasteiger partial charge in [-0.1, -0.05) is 32.9 Å². The zero-order valence-electron chi connectivity index (χ0n) is 13.6. The lowest BCUT2D eigenvalue weighted by molar-refractivity contribution is 0.400. The molecule has 0 aliphatic rings. The van der Waals surface area contributed by atoms with Gasteiger partial charge in [0, 0.05) is 13.0 Å². The van der Waals surface area contributed by atoms with Crippen LogP contribution in [0.15, 0.2) is 24.3 Å². The Hall–Kier alpha value is -2.37. The van der Waals surface area contributed by atoms with Gasteiger partial charge in [0.05, 0.1) is 7.11 Å². The molecule has 2 rings (SSSR count). The Bertz CT molecular complexity index is 619. The average Bonchev–Trinajstić information content (AvgIpc) is 2.43. The standard InChI is InChI=1S/C16H23N5O/c1-16(2,3)9-13-19-14(17)21-15(20-13)18-10-11-5-7-12(22-4)8-6-11/h5-8H,9-10H2,1-4H3,(H3,17,18,19,20,21). The highest BCUT2D eigenvalue weighted by atomic mass is 16.5. The molecule has 0 saturated carbocycles. The summed E-state index contributed by atoms with van der Waals surface area (Å²) >= 11 is 0. The molecule has 0 bridgehead atoms. The number of nitrogens with one attached hydrogen (secondary N) is 1. The van der Waals surface area contributed by atoms with Crippen molar-refractivity contribution in [1.29, 1.82) is 0 Å². The first-order chi connectivity index (χ1) is 10.4. The number of ether oxygens (including phenoxy) is 1. The zero-order chi connectivity index (χ0) is 16.2. The molecule has 3 N–H and O–H groups in total. The van der Waals surface area contributed by atoms with Crippen molar-refractivity contribution < 1.29 is 4.74 Å². The number of nitrogens with two attached hydrogens (primary N) is 1. The van der Waals surface area contributed by atoms with Crippen molar-refractivity contribution in [3.8, 4) is 5.75 Å². The molecule has 2 aromatic rings. The molecule has 118 valence electrons. The number of hydrogen-bond donors (Lipinski definition) is 2. The van der Waals surface area contributed by atoms with E-state index < -0.39 is 0 Å². The summed E-state index contributed by atoms with van der Waals surface area (Å²) in [6, 6.07) is 7.83. The van der Waals surface area contributed by atoms with Gasteiger partial charge in [-0.05, 0) is 23.1 Å². The van der Waals surface area contributed by atoms with Gasteiger partial charge in [0.1, 0.15) is 11.6 Å². The third-order valence-corrected chi connectivity index (χ3v) is 3.00. The Balaban J connectivity index is 2.05. The van der Waals surface area contributed by atoms with Crippen LogP contribution in [0.25, 0.3) is 0 Å². The average molecular weight is 301 g/mol. The van der Waals surface area contributed by atoms with Crippen molar-refractivity contribution in [2.45, 2.75) is 33.7 Å². The molecular weight excluding hydrogens is 278 g/mol. The molecule has 1 heterocycles. The fourth-order valence-electron chi connectivity index (χ4n) is 1.99. The van der Waals surface area contributed by atoms with Crippen molar-refractivity contribution in [3.05, 3.63) is 35.7 Å². The molecule has 0 saturated heterocycles. The Kier molecular flexibility index (Phi) is 4.80. The normalized spacial score (nSPS) is 11.3. The SMILES string of the molecule is COc1ccc(CNc2nc(N)nc(CC(C)(C)C)n2)cc1. The number of hydrogen-bond acceptors (Lipinski definition) is 6. The Labute approximate surface area is 131 Å². The highest BCUT2D eigenvalue weighted by Crippen LogP contribution is 2.19. The van der Waals surface area contributed by atoms with Crippen molar-refractivity contribution in [2.75, 3.05) is 18.2 Å². The van der Waals surface area contributed by atoms with E-state index in [2.05, 4.69) is 41.0 Å². The second-order valence-electron chi connectivity index (χ2n) is 6.37. The van der Waals surface area contributed by atoms with Crippen molar-refractivity contribution in [3.63, 3.8) is 0 Å². The van der Waals surface area contributed by atoms with E-state index in [1.165, 1.54) is 0 Å². The van der Waals surface area contributed by atoms with E-state index in [1.54, 1.807) is 7.11 Å². The lowest BCUT2D eigenvalue weighted by Gasteiger charge is -2.17. The minimum atomic E-state index is 0.0983. The van der Waals surface area contributed by atoms with Gasteiger partial charge in [0.2, 0.25) is 11.9 Å². The number of aromatic nitrogens is 3. The van der Waals surface area contributed by atoms with Crippen LogP contribution < -0.4 is 15.8 Å². The topological polar surface area (TPSA) is 86.0 Å². The molecule has 0 radical (unpaired) electrons. The van der Waals surface area contributed by atoms with Gasteiger partial charge in [-0.2, -0.15) is 15.0 Å². The summed E-state index contributed by atoms with van der Waals surface area (Å²) in [6.07, 6.45) is 0.747. The first kappa shape index (κ1) is 16.0. The third kappa shape index (κ3) is 4.87. The summed E-state index contributed by atoms with van der Waals surface area (Å²) in [6.45, 7) is 7.02. The summed E-state index contributed by atoms with van der Waals surface area (Å²) < 4.78 is 5.14. The highest BCUT2D eigenvalue weighted by Gasteiger charge is 2.15. The minimum absolute atomic E-state index is 0.0983. The Morgan fingerprint density at radius 2 is 1.77 bits per heavy atom. The zero-order valence-corrected chi connectivity index (χ0v) is 13.6. The van der Waals surface area contributed by atoms with Crippen molar-refractivity contribution in [2.24, 2.45) is 5.41 Å². The van der Waals surface area contributed by atoms with Crippen LogP contribution in [0.5, 0.6) is 5.75 Å². The molecule has 1 aromatic carbocycles. The monoisotopic (exact) mass is 301 g/mol. The first-order valence-corrected chi connectivity index (χ1v) is 7.23. The summed E-state index contributed by atoms with van der Waals surface area (Å²) in [5.41, 5.74) is 6.97. The third-order valence-electron chi connectivity index (χ3n) is 3.00. The number of methoxy groups -OCH3 is 1. The summed E-state index contributed by atoms with van der Waals surface area (Å²) in [5.74, 6) is 2.28. The van der Waals surface area contributed by atoms with Gasteiger partial charge in [0.25, 0.3) is 0 Å². The van der Waals surface area contributed by atoms with E-state index in [1.807, 2.05) is 24.3 Å². The number of anilines is 2. The van der Waals surface area contributed by atoms with Gasteiger partial charge in [0.15, 0.2) is 0 Å². The predicted octanol–water partition coefficient (Wildman–Crippen LogP) is 2.66. The fourth-order valence-corrected chi connectivity index (χ4v) is 1.99. The van der Waals surface area contributed by atoms with Gasteiger partial charge < -0.3 is 15.8 Å². The maximum atomic E-state index is 5.77. The van der Waals surface area contributed by atoms with Crippen LogP contribution in [0, 0.1) is 5.41 Å².